The minimum Gasteiger partial charge on any atom is -0.343 e. The topological polar surface area (TPSA) is 30.9 Å². The first-order chi connectivity index (χ1) is 12.5. The summed E-state index contributed by atoms with van der Waals surface area (Å²) in [4.78, 5) is 8.53. The number of hydrogen-bond acceptors (Lipinski definition) is 2. The Morgan fingerprint density at radius 3 is 2.50 bits per heavy atom. The summed E-state index contributed by atoms with van der Waals surface area (Å²) in [5.41, 5.74) is 0.988. The maximum atomic E-state index is 12.5. The van der Waals surface area contributed by atoms with Crippen LogP contribution in [0.1, 0.15) is 25.7 Å². The molecule has 1 N–H and O–H groups in total. The van der Waals surface area contributed by atoms with Gasteiger partial charge < -0.3 is 10.2 Å². The molecule has 0 bridgehead atoms. The van der Waals surface area contributed by atoms with Gasteiger partial charge in [-0.2, -0.15) is 13.2 Å². The van der Waals surface area contributed by atoms with E-state index in [4.69, 9.17) is 4.99 Å². The van der Waals surface area contributed by atoms with Crippen molar-refractivity contribution in [3.63, 3.8) is 0 Å². The summed E-state index contributed by atoms with van der Waals surface area (Å²) >= 11 is 0. The summed E-state index contributed by atoms with van der Waals surface area (Å²) in [6.45, 7) is 2.69. The summed E-state index contributed by atoms with van der Waals surface area (Å²) in [5, 5.41) is 3.40. The van der Waals surface area contributed by atoms with E-state index in [9.17, 15) is 13.2 Å². The second-order valence-corrected chi connectivity index (χ2v) is 7.21. The van der Waals surface area contributed by atoms with Crippen molar-refractivity contribution in [2.24, 2.45) is 10.9 Å². The van der Waals surface area contributed by atoms with E-state index < -0.39 is 12.7 Å². The van der Waals surface area contributed by atoms with Gasteiger partial charge in [0.2, 0.25) is 0 Å². The number of alkyl halides is 3. The molecule has 2 heterocycles. The van der Waals surface area contributed by atoms with Crippen molar-refractivity contribution in [3.8, 4) is 0 Å². The predicted octanol–water partition coefficient (Wildman–Crippen LogP) is 3.82. The van der Waals surface area contributed by atoms with E-state index in [1.54, 1.807) is 0 Å². The highest BCUT2D eigenvalue weighted by Gasteiger charge is 2.34. The SMILES string of the molecule is FC(F)(F)CN1CCC(CN=C(Nc2ccccc2)N2CCCCC2)C1. The van der Waals surface area contributed by atoms with Crippen molar-refractivity contribution in [3.05, 3.63) is 30.3 Å². The standard InChI is InChI=1S/C19H27F3N4/c20-19(21,22)15-25-12-9-16(14-25)13-23-18(26-10-5-2-6-11-26)24-17-7-3-1-4-8-17/h1,3-4,7-8,16H,2,5-6,9-15H2,(H,23,24). The fourth-order valence-electron chi connectivity index (χ4n) is 3.65. The quantitative estimate of drug-likeness (QED) is 0.647. The molecule has 4 nitrogen and oxygen atoms in total. The fraction of sp³-hybridized carbons (Fsp3) is 0.632. The zero-order chi connectivity index (χ0) is 18.4. The van der Waals surface area contributed by atoms with Crippen molar-refractivity contribution in [2.75, 3.05) is 44.6 Å². The zero-order valence-electron chi connectivity index (χ0n) is 15.0. The Kier molecular flexibility index (Phi) is 6.40. The van der Waals surface area contributed by atoms with Crippen LogP contribution >= 0.6 is 0 Å². The number of rotatable bonds is 4. The summed E-state index contributed by atoms with van der Waals surface area (Å²) in [5.74, 6) is 1.04. The average molecular weight is 368 g/mol. The monoisotopic (exact) mass is 368 g/mol. The smallest absolute Gasteiger partial charge is 0.343 e. The number of likely N-dealkylation sites (tertiary alicyclic amines) is 2. The highest BCUT2D eigenvalue weighted by Crippen LogP contribution is 2.23. The maximum absolute atomic E-state index is 12.5. The molecule has 1 unspecified atom stereocenters. The lowest BCUT2D eigenvalue weighted by atomic mass is 10.1. The first kappa shape index (κ1) is 19.0. The van der Waals surface area contributed by atoms with Crippen molar-refractivity contribution < 1.29 is 13.2 Å². The minimum atomic E-state index is -4.12. The number of nitrogens with zero attached hydrogens (tertiary/aromatic N) is 3. The molecule has 2 saturated heterocycles. The van der Waals surface area contributed by atoms with Gasteiger partial charge in [-0.25, -0.2) is 0 Å². The molecule has 0 spiro atoms. The van der Waals surface area contributed by atoms with Gasteiger partial charge in [0.15, 0.2) is 5.96 Å². The number of guanidine groups is 1. The van der Waals surface area contributed by atoms with Gasteiger partial charge in [-0.15, -0.1) is 0 Å². The van der Waals surface area contributed by atoms with Crippen LogP contribution in [0.2, 0.25) is 0 Å². The summed E-state index contributed by atoms with van der Waals surface area (Å²) in [6, 6.07) is 9.92. The van der Waals surface area contributed by atoms with E-state index in [0.717, 1.165) is 44.0 Å². The summed E-state index contributed by atoms with van der Waals surface area (Å²) in [7, 11) is 0. The van der Waals surface area contributed by atoms with Crippen LogP contribution < -0.4 is 5.32 Å². The number of benzene rings is 1. The fourth-order valence-corrected chi connectivity index (χ4v) is 3.65. The Morgan fingerprint density at radius 1 is 1.08 bits per heavy atom. The molecule has 2 aliphatic rings. The van der Waals surface area contributed by atoms with Crippen molar-refractivity contribution >= 4 is 11.6 Å². The normalized spacial score (nSPS) is 22.7. The first-order valence-corrected chi connectivity index (χ1v) is 9.40. The number of nitrogens with one attached hydrogen (secondary N) is 1. The lowest BCUT2D eigenvalue weighted by molar-refractivity contribution is -0.143. The van der Waals surface area contributed by atoms with Gasteiger partial charge in [0.05, 0.1) is 6.54 Å². The molecule has 144 valence electrons. The molecule has 1 atom stereocenters. The maximum Gasteiger partial charge on any atom is 0.401 e. The van der Waals surface area contributed by atoms with Crippen LogP contribution in [0.25, 0.3) is 0 Å². The van der Waals surface area contributed by atoms with Gasteiger partial charge in [0, 0.05) is 31.9 Å². The third-order valence-electron chi connectivity index (χ3n) is 4.96. The molecule has 3 rings (SSSR count). The van der Waals surface area contributed by atoms with Gasteiger partial charge >= 0.3 is 6.18 Å². The van der Waals surface area contributed by atoms with Crippen molar-refractivity contribution in [1.29, 1.82) is 0 Å². The second kappa shape index (κ2) is 8.75. The average Bonchev–Trinajstić information content (AvgIpc) is 3.05. The molecule has 0 aromatic heterocycles. The van der Waals surface area contributed by atoms with Gasteiger partial charge in [-0.1, -0.05) is 18.2 Å². The molecule has 7 heteroatoms. The third-order valence-corrected chi connectivity index (χ3v) is 4.96. The minimum absolute atomic E-state index is 0.190. The molecule has 2 fully saturated rings. The highest BCUT2D eigenvalue weighted by atomic mass is 19.4. The summed E-state index contributed by atoms with van der Waals surface area (Å²) in [6.07, 6.45) is 0.199. The second-order valence-electron chi connectivity index (χ2n) is 7.21. The molecular weight excluding hydrogens is 341 g/mol. The zero-order valence-corrected chi connectivity index (χ0v) is 15.0. The number of aliphatic imine (C=N–C) groups is 1. The van der Waals surface area contributed by atoms with Crippen LogP contribution in [0, 0.1) is 5.92 Å². The van der Waals surface area contributed by atoms with E-state index in [1.807, 2.05) is 30.3 Å². The Bertz CT molecular complexity index is 582. The molecule has 0 amide bonds. The number of para-hydroxylation sites is 1. The van der Waals surface area contributed by atoms with Crippen molar-refractivity contribution in [2.45, 2.75) is 31.9 Å². The Labute approximate surface area is 153 Å². The van der Waals surface area contributed by atoms with Crippen LogP contribution in [0.4, 0.5) is 18.9 Å². The number of piperidine rings is 1. The molecule has 0 aliphatic carbocycles. The lowest BCUT2D eigenvalue weighted by Gasteiger charge is -2.30. The Morgan fingerprint density at radius 2 is 1.81 bits per heavy atom. The van der Waals surface area contributed by atoms with Gasteiger partial charge in [-0.05, 0) is 50.3 Å². The Balaban J connectivity index is 1.61. The van der Waals surface area contributed by atoms with Gasteiger partial charge in [0.1, 0.15) is 0 Å². The molecule has 2 aliphatic heterocycles. The van der Waals surface area contributed by atoms with E-state index in [0.29, 0.717) is 19.6 Å². The van der Waals surface area contributed by atoms with E-state index in [2.05, 4.69) is 10.2 Å². The molecule has 0 radical (unpaired) electrons. The van der Waals surface area contributed by atoms with Gasteiger partial charge in [-0.3, -0.25) is 9.89 Å². The van der Waals surface area contributed by atoms with Crippen LogP contribution in [0.5, 0.6) is 0 Å². The van der Waals surface area contributed by atoms with Crippen LogP contribution in [0.15, 0.2) is 35.3 Å². The summed E-state index contributed by atoms with van der Waals surface area (Å²) < 4.78 is 37.6. The van der Waals surface area contributed by atoms with Gasteiger partial charge in [0.25, 0.3) is 0 Å². The third kappa shape index (κ3) is 5.90. The van der Waals surface area contributed by atoms with Crippen LogP contribution in [0.3, 0.4) is 0 Å². The molecule has 1 aromatic carbocycles. The van der Waals surface area contributed by atoms with Crippen molar-refractivity contribution in [1.82, 2.24) is 9.80 Å². The molecular formula is C19H27F3N4. The number of anilines is 1. The van der Waals surface area contributed by atoms with E-state index in [1.165, 1.54) is 11.3 Å². The molecule has 26 heavy (non-hydrogen) atoms. The molecule has 1 aromatic rings. The highest BCUT2D eigenvalue weighted by molar-refractivity contribution is 5.93. The van der Waals surface area contributed by atoms with E-state index >= 15 is 0 Å². The largest absolute Gasteiger partial charge is 0.401 e. The number of hydrogen-bond donors (Lipinski definition) is 1. The number of halogens is 3. The van der Waals surface area contributed by atoms with Crippen LogP contribution in [-0.4, -0.2) is 61.2 Å². The Hall–Kier alpha value is -1.76. The van der Waals surface area contributed by atoms with E-state index in [-0.39, 0.29) is 5.92 Å². The van der Waals surface area contributed by atoms with Crippen LogP contribution in [-0.2, 0) is 0 Å². The lowest BCUT2D eigenvalue weighted by Crippen LogP contribution is -2.40. The molecule has 0 saturated carbocycles. The predicted molar refractivity (Wildman–Crippen MR) is 98.4 cm³/mol. The first-order valence-electron chi connectivity index (χ1n) is 9.40.